The molecule has 1 aromatic heterocycles. The monoisotopic (exact) mass is 292 g/mol. The molecule has 0 spiro atoms. The van der Waals surface area contributed by atoms with Gasteiger partial charge in [-0.1, -0.05) is 55.3 Å². The Kier molecular flexibility index (Phi) is 4.83. The van der Waals surface area contributed by atoms with E-state index in [1.54, 1.807) is 11.8 Å². The lowest BCUT2D eigenvalue weighted by molar-refractivity contribution is 0.802. The first-order valence-corrected chi connectivity index (χ1v) is 7.63. The summed E-state index contributed by atoms with van der Waals surface area (Å²) in [4.78, 5) is 8.44. The van der Waals surface area contributed by atoms with Crippen LogP contribution in [0.15, 0.2) is 35.6 Å². The van der Waals surface area contributed by atoms with Crippen molar-refractivity contribution in [1.29, 1.82) is 0 Å². The second-order valence-electron chi connectivity index (χ2n) is 4.82. The fraction of sp³-hybridized carbons (Fsp3) is 0.333. The number of nitrogens with zero attached hydrogens (tertiary/aromatic N) is 2. The zero-order chi connectivity index (χ0) is 13.8. The Morgan fingerprint density at radius 3 is 2.74 bits per heavy atom. The third-order valence-electron chi connectivity index (χ3n) is 2.83. The SMILES string of the molecule is Cc1cccc(CSc2ncnc(Cl)c2C(C)C)c1. The summed E-state index contributed by atoms with van der Waals surface area (Å²) in [7, 11) is 0. The first-order valence-electron chi connectivity index (χ1n) is 6.26. The summed E-state index contributed by atoms with van der Waals surface area (Å²) in [5, 5.41) is 1.55. The second kappa shape index (κ2) is 6.40. The number of thioether (sulfide) groups is 1. The highest BCUT2D eigenvalue weighted by molar-refractivity contribution is 7.98. The van der Waals surface area contributed by atoms with E-state index < -0.39 is 0 Å². The van der Waals surface area contributed by atoms with Crippen molar-refractivity contribution in [2.45, 2.75) is 37.5 Å². The lowest BCUT2D eigenvalue weighted by Gasteiger charge is -2.12. The van der Waals surface area contributed by atoms with Crippen molar-refractivity contribution in [3.05, 3.63) is 52.4 Å². The van der Waals surface area contributed by atoms with Gasteiger partial charge in [-0.15, -0.1) is 11.8 Å². The van der Waals surface area contributed by atoms with Crippen molar-refractivity contribution < 1.29 is 0 Å². The van der Waals surface area contributed by atoms with E-state index in [0.717, 1.165) is 16.3 Å². The summed E-state index contributed by atoms with van der Waals surface area (Å²) >= 11 is 7.88. The van der Waals surface area contributed by atoms with Gasteiger partial charge in [-0.2, -0.15) is 0 Å². The number of aryl methyl sites for hydroxylation is 1. The molecule has 0 bridgehead atoms. The summed E-state index contributed by atoms with van der Waals surface area (Å²) in [5.74, 6) is 1.23. The van der Waals surface area contributed by atoms with Crippen LogP contribution in [0.1, 0.15) is 36.5 Å². The quantitative estimate of drug-likeness (QED) is 0.595. The standard InChI is InChI=1S/C15H17ClN2S/c1-10(2)13-14(16)17-9-18-15(13)19-8-12-6-4-5-11(3)7-12/h4-7,9-10H,8H2,1-3H3. The van der Waals surface area contributed by atoms with Crippen LogP contribution < -0.4 is 0 Å². The predicted octanol–water partition coefficient (Wildman–Crippen LogP) is 4.85. The zero-order valence-electron chi connectivity index (χ0n) is 11.4. The fourth-order valence-electron chi connectivity index (χ4n) is 1.91. The molecule has 0 radical (unpaired) electrons. The summed E-state index contributed by atoms with van der Waals surface area (Å²) in [6, 6.07) is 8.53. The first-order chi connectivity index (χ1) is 9.08. The normalized spacial score (nSPS) is 11.0. The average molecular weight is 293 g/mol. The lowest BCUT2D eigenvalue weighted by Crippen LogP contribution is -1.98. The molecule has 0 saturated heterocycles. The fourth-order valence-corrected chi connectivity index (χ4v) is 3.41. The molecule has 100 valence electrons. The number of aromatic nitrogens is 2. The molecule has 0 atom stereocenters. The Labute approximate surface area is 123 Å². The van der Waals surface area contributed by atoms with Crippen molar-refractivity contribution in [3.8, 4) is 0 Å². The van der Waals surface area contributed by atoms with Crippen LogP contribution in [0.3, 0.4) is 0 Å². The van der Waals surface area contributed by atoms with E-state index in [0.29, 0.717) is 11.1 Å². The molecule has 0 amide bonds. The van der Waals surface area contributed by atoms with Crippen LogP contribution in [0.4, 0.5) is 0 Å². The molecule has 4 heteroatoms. The largest absolute Gasteiger partial charge is 0.230 e. The van der Waals surface area contributed by atoms with Gasteiger partial charge in [0.05, 0.1) is 0 Å². The van der Waals surface area contributed by atoms with E-state index in [9.17, 15) is 0 Å². The van der Waals surface area contributed by atoms with E-state index >= 15 is 0 Å². The Balaban J connectivity index is 2.18. The number of rotatable bonds is 4. The van der Waals surface area contributed by atoms with Crippen LogP contribution in [0.25, 0.3) is 0 Å². The highest BCUT2D eigenvalue weighted by Gasteiger charge is 2.13. The number of hydrogen-bond donors (Lipinski definition) is 0. The van der Waals surface area contributed by atoms with Gasteiger partial charge >= 0.3 is 0 Å². The van der Waals surface area contributed by atoms with Gasteiger partial charge in [-0.05, 0) is 18.4 Å². The molecule has 0 unspecified atom stereocenters. The second-order valence-corrected chi connectivity index (χ2v) is 6.14. The Morgan fingerprint density at radius 2 is 2.05 bits per heavy atom. The van der Waals surface area contributed by atoms with Crippen molar-refractivity contribution in [2.24, 2.45) is 0 Å². The predicted molar refractivity (Wildman–Crippen MR) is 81.9 cm³/mol. The first kappa shape index (κ1) is 14.4. The minimum absolute atomic E-state index is 0.328. The van der Waals surface area contributed by atoms with Gasteiger partial charge in [-0.25, -0.2) is 9.97 Å². The zero-order valence-corrected chi connectivity index (χ0v) is 12.9. The Bertz CT molecular complexity index is 570. The van der Waals surface area contributed by atoms with Crippen molar-refractivity contribution in [3.63, 3.8) is 0 Å². The Hall–Kier alpha value is -1.06. The third-order valence-corrected chi connectivity index (χ3v) is 4.21. The number of hydrogen-bond acceptors (Lipinski definition) is 3. The highest BCUT2D eigenvalue weighted by Crippen LogP contribution is 2.32. The van der Waals surface area contributed by atoms with Crippen molar-refractivity contribution in [1.82, 2.24) is 9.97 Å². The summed E-state index contributed by atoms with van der Waals surface area (Å²) in [5.41, 5.74) is 3.62. The molecule has 0 saturated carbocycles. The van der Waals surface area contributed by atoms with Gasteiger partial charge < -0.3 is 0 Å². The summed E-state index contributed by atoms with van der Waals surface area (Å²) in [6.45, 7) is 6.33. The van der Waals surface area contributed by atoms with Crippen molar-refractivity contribution >= 4 is 23.4 Å². The van der Waals surface area contributed by atoms with Gasteiger partial charge in [0.1, 0.15) is 16.5 Å². The van der Waals surface area contributed by atoms with Gasteiger partial charge in [0.15, 0.2) is 0 Å². The molecule has 1 heterocycles. The maximum Gasteiger partial charge on any atom is 0.137 e. The van der Waals surface area contributed by atoms with E-state index in [4.69, 9.17) is 11.6 Å². The van der Waals surface area contributed by atoms with Crippen LogP contribution >= 0.6 is 23.4 Å². The summed E-state index contributed by atoms with van der Waals surface area (Å²) in [6.07, 6.45) is 1.53. The number of benzene rings is 1. The lowest BCUT2D eigenvalue weighted by atomic mass is 10.1. The highest BCUT2D eigenvalue weighted by atomic mass is 35.5. The van der Waals surface area contributed by atoms with E-state index in [1.165, 1.54) is 17.5 Å². The molecule has 0 N–H and O–H groups in total. The third kappa shape index (κ3) is 3.71. The van der Waals surface area contributed by atoms with Gasteiger partial charge in [0.25, 0.3) is 0 Å². The van der Waals surface area contributed by atoms with Crippen molar-refractivity contribution in [2.75, 3.05) is 0 Å². The van der Waals surface area contributed by atoms with Gasteiger partial charge in [0, 0.05) is 11.3 Å². The molecule has 2 aromatic rings. The average Bonchev–Trinajstić information content (AvgIpc) is 2.36. The topological polar surface area (TPSA) is 25.8 Å². The molecule has 0 fully saturated rings. The maximum atomic E-state index is 6.17. The van der Waals surface area contributed by atoms with E-state index in [2.05, 4.69) is 55.0 Å². The molecule has 0 aliphatic heterocycles. The molecule has 0 aliphatic rings. The van der Waals surface area contributed by atoms with E-state index in [-0.39, 0.29) is 0 Å². The summed E-state index contributed by atoms with van der Waals surface area (Å²) < 4.78 is 0. The minimum atomic E-state index is 0.328. The smallest absolute Gasteiger partial charge is 0.137 e. The van der Waals surface area contributed by atoms with Crippen LogP contribution in [0.5, 0.6) is 0 Å². The van der Waals surface area contributed by atoms with Gasteiger partial charge in [-0.3, -0.25) is 0 Å². The number of halogens is 1. The minimum Gasteiger partial charge on any atom is -0.230 e. The van der Waals surface area contributed by atoms with Crippen LogP contribution in [0, 0.1) is 6.92 Å². The Morgan fingerprint density at radius 1 is 1.26 bits per heavy atom. The molecule has 1 aromatic carbocycles. The molecule has 2 nitrogen and oxygen atoms in total. The van der Waals surface area contributed by atoms with E-state index in [1.807, 2.05) is 0 Å². The maximum absolute atomic E-state index is 6.17. The molecule has 0 aliphatic carbocycles. The molecule has 2 rings (SSSR count). The van der Waals surface area contributed by atoms with Crippen LogP contribution in [-0.2, 0) is 5.75 Å². The van der Waals surface area contributed by atoms with Crippen LogP contribution in [0.2, 0.25) is 5.15 Å². The van der Waals surface area contributed by atoms with Crippen LogP contribution in [-0.4, -0.2) is 9.97 Å². The van der Waals surface area contributed by atoms with Gasteiger partial charge in [0.2, 0.25) is 0 Å². The molecular formula is C15H17ClN2S. The molecular weight excluding hydrogens is 276 g/mol. The molecule has 19 heavy (non-hydrogen) atoms.